The highest BCUT2D eigenvalue weighted by molar-refractivity contribution is 5.85. The number of nitrogens with two attached hydrogens (primary N) is 1. The number of benzene rings is 1. The summed E-state index contributed by atoms with van der Waals surface area (Å²) in [5, 5.41) is 0. The molecule has 0 saturated carbocycles. The summed E-state index contributed by atoms with van der Waals surface area (Å²) in [6.45, 7) is 2.65. The van der Waals surface area contributed by atoms with Crippen molar-refractivity contribution in [1.29, 1.82) is 0 Å². The van der Waals surface area contributed by atoms with Crippen LogP contribution in [0.3, 0.4) is 0 Å². The summed E-state index contributed by atoms with van der Waals surface area (Å²) in [6.07, 6.45) is 1.03. The third kappa shape index (κ3) is 3.56. The van der Waals surface area contributed by atoms with Gasteiger partial charge in [-0.3, -0.25) is 4.90 Å². The van der Waals surface area contributed by atoms with Crippen LogP contribution in [0, 0.1) is 5.82 Å². The van der Waals surface area contributed by atoms with E-state index in [0.717, 1.165) is 31.6 Å². The first-order valence-electron chi connectivity index (χ1n) is 5.49. The molecule has 0 spiro atoms. The zero-order valence-electron chi connectivity index (χ0n) is 9.86. The number of likely N-dealkylation sites (tertiary alicyclic amines) is 1. The molecule has 1 aromatic rings. The predicted octanol–water partition coefficient (Wildman–Crippen LogP) is 1.79. The molecule has 1 aliphatic heterocycles. The van der Waals surface area contributed by atoms with Gasteiger partial charge >= 0.3 is 0 Å². The summed E-state index contributed by atoms with van der Waals surface area (Å²) in [6, 6.07) is 5.36. The number of methoxy groups -OCH3 is 1. The Labute approximate surface area is 107 Å². The van der Waals surface area contributed by atoms with Crippen LogP contribution in [0.2, 0.25) is 0 Å². The third-order valence-corrected chi connectivity index (χ3v) is 2.93. The smallest absolute Gasteiger partial charge is 0.165 e. The van der Waals surface area contributed by atoms with Gasteiger partial charge in [0.25, 0.3) is 0 Å². The molecule has 2 N–H and O–H groups in total. The molecule has 1 atom stereocenters. The molecule has 3 nitrogen and oxygen atoms in total. The van der Waals surface area contributed by atoms with Gasteiger partial charge in [-0.2, -0.15) is 0 Å². The highest BCUT2D eigenvalue weighted by atomic mass is 35.5. The van der Waals surface area contributed by atoms with Gasteiger partial charge in [0.2, 0.25) is 0 Å². The highest BCUT2D eigenvalue weighted by Gasteiger charge is 2.19. The Bertz CT molecular complexity index is 376. The summed E-state index contributed by atoms with van der Waals surface area (Å²) < 4.78 is 18.3. The van der Waals surface area contributed by atoms with Gasteiger partial charge in [-0.05, 0) is 24.1 Å². The second-order valence-corrected chi connectivity index (χ2v) is 4.25. The molecule has 1 fully saturated rings. The van der Waals surface area contributed by atoms with Crippen molar-refractivity contribution < 1.29 is 9.13 Å². The van der Waals surface area contributed by atoms with Gasteiger partial charge in [0.15, 0.2) is 11.6 Å². The molecule has 1 saturated heterocycles. The summed E-state index contributed by atoms with van der Waals surface area (Å²) >= 11 is 0. The fourth-order valence-corrected chi connectivity index (χ4v) is 2.07. The van der Waals surface area contributed by atoms with E-state index in [9.17, 15) is 4.39 Å². The van der Waals surface area contributed by atoms with Crippen molar-refractivity contribution in [2.75, 3.05) is 20.2 Å². The van der Waals surface area contributed by atoms with Gasteiger partial charge in [-0.15, -0.1) is 12.4 Å². The fourth-order valence-electron chi connectivity index (χ4n) is 2.07. The van der Waals surface area contributed by atoms with E-state index in [2.05, 4.69) is 4.90 Å². The first-order chi connectivity index (χ1) is 7.69. The topological polar surface area (TPSA) is 38.5 Å². The number of nitrogens with zero attached hydrogens (tertiary/aromatic N) is 1. The fraction of sp³-hybridized carbons (Fsp3) is 0.500. The number of halogens is 2. The van der Waals surface area contributed by atoms with E-state index < -0.39 is 0 Å². The average molecular weight is 261 g/mol. The second-order valence-electron chi connectivity index (χ2n) is 4.25. The lowest BCUT2D eigenvalue weighted by atomic mass is 10.2. The Morgan fingerprint density at radius 2 is 2.29 bits per heavy atom. The molecule has 96 valence electrons. The molecule has 0 aromatic heterocycles. The molecule has 1 aromatic carbocycles. The molecular weight excluding hydrogens is 243 g/mol. The Morgan fingerprint density at radius 1 is 1.53 bits per heavy atom. The normalized spacial score (nSPS) is 20.1. The minimum atomic E-state index is -0.302. The van der Waals surface area contributed by atoms with Crippen molar-refractivity contribution in [3.8, 4) is 5.75 Å². The zero-order valence-corrected chi connectivity index (χ0v) is 10.7. The monoisotopic (exact) mass is 260 g/mol. The minimum absolute atomic E-state index is 0. The highest BCUT2D eigenvalue weighted by Crippen LogP contribution is 2.19. The van der Waals surface area contributed by atoms with Crippen molar-refractivity contribution in [2.24, 2.45) is 5.73 Å². The molecule has 0 bridgehead atoms. The van der Waals surface area contributed by atoms with Crippen LogP contribution in [-0.4, -0.2) is 31.1 Å². The number of ether oxygens (including phenoxy) is 1. The van der Waals surface area contributed by atoms with Crippen molar-refractivity contribution >= 4 is 12.4 Å². The van der Waals surface area contributed by atoms with Crippen LogP contribution in [0.15, 0.2) is 18.2 Å². The lowest BCUT2D eigenvalue weighted by molar-refractivity contribution is 0.325. The van der Waals surface area contributed by atoms with Crippen LogP contribution in [0.25, 0.3) is 0 Å². The van der Waals surface area contributed by atoms with E-state index in [-0.39, 0.29) is 24.3 Å². The van der Waals surface area contributed by atoms with Crippen LogP contribution in [0.5, 0.6) is 5.75 Å². The van der Waals surface area contributed by atoms with E-state index in [1.807, 2.05) is 6.07 Å². The molecule has 5 heteroatoms. The first-order valence-corrected chi connectivity index (χ1v) is 5.49. The van der Waals surface area contributed by atoms with E-state index in [0.29, 0.717) is 5.75 Å². The van der Waals surface area contributed by atoms with Gasteiger partial charge in [0.1, 0.15) is 0 Å². The van der Waals surface area contributed by atoms with Gasteiger partial charge < -0.3 is 10.5 Å². The summed E-state index contributed by atoms with van der Waals surface area (Å²) in [5.41, 5.74) is 6.78. The van der Waals surface area contributed by atoms with Crippen molar-refractivity contribution in [1.82, 2.24) is 4.90 Å². The van der Waals surface area contributed by atoms with Crippen molar-refractivity contribution in [3.05, 3.63) is 29.6 Å². The van der Waals surface area contributed by atoms with Crippen LogP contribution in [-0.2, 0) is 6.54 Å². The Balaban J connectivity index is 0.00000144. The van der Waals surface area contributed by atoms with Gasteiger partial charge in [-0.1, -0.05) is 6.07 Å². The zero-order chi connectivity index (χ0) is 11.5. The first kappa shape index (κ1) is 14.2. The molecule has 17 heavy (non-hydrogen) atoms. The maximum Gasteiger partial charge on any atom is 0.165 e. The van der Waals surface area contributed by atoms with E-state index >= 15 is 0 Å². The quantitative estimate of drug-likeness (QED) is 0.901. The minimum Gasteiger partial charge on any atom is -0.494 e. The second kappa shape index (κ2) is 6.19. The Hall–Kier alpha value is -0.840. The van der Waals surface area contributed by atoms with Crippen LogP contribution >= 0.6 is 12.4 Å². The lowest BCUT2D eigenvalue weighted by Gasteiger charge is -2.15. The molecule has 2 rings (SSSR count). The average Bonchev–Trinajstić information content (AvgIpc) is 2.64. The van der Waals surface area contributed by atoms with E-state index in [1.165, 1.54) is 13.2 Å². The molecule has 0 aliphatic carbocycles. The van der Waals surface area contributed by atoms with Gasteiger partial charge in [0, 0.05) is 25.7 Å². The van der Waals surface area contributed by atoms with Gasteiger partial charge in [0.05, 0.1) is 7.11 Å². The largest absolute Gasteiger partial charge is 0.494 e. The van der Waals surface area contributed by atoms with Crippen molar-refractivity contribution in [2.45, 2.75) is 19.0 Å². The Morgan fingerprint density at radius 3 is 2.82 bits per heavy atom. The van der Waals surface area contributed by atoms with Gasteiger partial charge in [-0.25, -0.2) is 4.39 Å². The standard InChI is InChI=1S/C12H17FN2O.ClH/c1-16-12-3-2-9(6-11(12)13)7-15-5-4-10(14)8-15;/h2-3,6,10H,4-5,7-8,14H2,1H3;1H/t10-;/m1./s1. The number of rotatable bonds is 3. The molecule has 0 radical (unpaired) electrons. The van der Waals surface area contributed by atoms with Crippen LogP contribution in [0.1, 0.15) is 12.0 Å². The molecule has 0 unspecified atom stereocenters. The van der Waals surface area contributed by atoms with Crippen molar-refractivity contribution in [3.63, 3.8) is 0 Å². The van der Waals surface area contributed by atoms with Crippen LogP contribution in [0.4, 0.5) is 4.39 Å². The summed E-state index contributed by atoms with van der Waals surface area (Å²) in [5.74, 6) is -0.00892. The molecule has 1 heterocycles. The predicted molar refractivity (Wildman–Crippen MR) is 68.1 cm³/mol. The maximum atomic E-state index is 13.4. The number of hydrogen-bond acceptors (Lipinski definition) is 3. The van der Waals surface area contributed by atoms with E-state index in [1.54, 1.807) is 6.07 Å². The lowest BCUT2D eigenvalue weighted by Crippen LogP contribution is -2.26. The Kier molecular flexibility index (Phi) is 5.18. The van der Waals surface area contributed by atoms with Crippen LogP contribution < -0.4 is 10.5 Å². The SMILES string of the molecule is COc1ccc(CN2CC[C@@H](N)C2)cc1F.Cl. The third-order valence-electron chi connectivity index (χ3n) is 2.93. The molecular formula is C12H18ClFN2O. The summed E-state index contributed by atoms with van der Waals surface area (Å²) in [7, 11) is 1.47. The molecule has 1 aliphatic rings. The maximum absolute atomic E-state index is 13.4. The van der Waals surface area contributed by atoms with E-state index in [4.69, 9.17) is 10.5 Å². The number of hydrogen-bond donors (Lipinski definition) is 1. The summed E-state index contributed by atoms with van der Waals surface area (Å²) in [4.78, 5) is 2.24. The molecule has 0 amide bonds.